The van der Waals surface area contributed by atoms with Crippen LogP contribution in [0, 0.1) is 21.7 Å². The molecule has 0 atom stereocenters. The summed E-state index contributed by atoms with van der Waals surface area (Å²) < 4.78 is 14.8. The van der Waals surface area contributed by atoms with E-state index in [2.05, 4.69) is 0 Å². The van der Waals surface area contributed by atoms with Crippen molar-refractivity contribution in [2.45, 2.75) is 129 Å². The van der Waals surface area contributed by atoms with Crippen LogP contribution in [-0.4, -0.2) is 83.4 Å². The van der Waals surface area contributed by atoms with E-state index in [1.54, 1.807) is 64.1 Å². The molecule has 0 aliphatic rings. The second-order valence-electron chi connectivity index (χ2n) is 19.9. The van der Waals surface area contributed by atoms with Crippen molar-refractivity contribution < 1.29 is 67.9 Å². The zero-order chi connectivity index (χ0) is 53.4. The van der Waals surface area contributed by atoms with Gasteiger partial charge in [-0.1, -0.05) is 101 Å². The molecule has 0 fully saturated rings. The van der Waals surface area contributed by atoms with E-state index in [1.807, 2.05) is 62.3 Å². The van der Waals surface area contributed by atoms with Crippen LogP contribution in [0.5, 0.6) is 34.5 Å². The van der Waals surface area contributed by atoms with Gasteiger partial charge in [0.15, 0.2) is 40.3 Å². The lowest BCUT2D eigenvalue weighted by Gasteiger charge is -2.15. The average molecular weight is 949 g/mol. The molecule has 14 nitrogen and oxygen atoms in total. The molecule has 0 aromatic heterocycles. The van der Waals surface area contributed by atoms with Crippen molar-refractivity contribution in [2.24, 2.45) is 21.7 Å². The molecule has 14 heteroatoms. The molecular weight excluding hydrogens is 873 g/mol. The fourth-order valence-electron chi connectivity index (χ4n) is 4.42. The van der Waals surface area contributed by atoms with Crippen LogP contribution < -0.4 is 14.2 Å². The highest BCUT2D eigenvalue weighted by molar-refractivity contribution is 6.07. The van der Waals surface area contributed by atoms with Crippen LogP contribution in [0.1, 0.15) is 144 Å². The molecule has 3 aromatic rings. The Labute approximate surface area is 403 Å². The van der Waals surface area contributed by atoms with Gasteiger partial charge in [-0.05, 0) is 79.9 Å². The minimum Gasteiger partial charge on any atom is -0.504 e. The minimum atomic E-state index is -0.509. The summed E-state index contributed by atoms with van der Waals surface area (Å²) in [4.78, 5) is 89.2. The third-order valence-electron chi connectivity index (χ3n) is 9.61. The molecule has 0 heterocycles. The largest absolute Gasteiger partial charge is 0.504 e. The average Bonchev–Trinajstić information content (AvgIpc) is 3.22. The Morgan fingerprint density at radius 2 is 0.882 bits per heavy atom. The maximum Gasteiger partial charge on any atom is 0.163 e. The van der Waals surface area contributed by atoms with Gasteiger partial charge in [0.05, 0.1) is 40.6 Å². The van der Waals surface area contributed by atoms with Crippen molar-refractivity contribution in [2.75, 3.05) is 21.3 Å². The van der Waals surface area contributed by atoms with Gasteiger partial charge in [-0.15, -0.1) is 0 Å². The first-order valence-corrected chi connectivity index (χ1v) is 21.9. The standard InChI is InChI=1S/C16H22O4.C16H20O4.C8H8O3.C8H14O2.C6H12O/c2*1-16(2,3)15(19)10-12(17)7-5-11-6-8-13(18)14(9-11)20-4;1-11-8-4-6(5-9)2-3-7(8)10;1-6(9)5-7(10)8(2,3)4;1-5(7)6(2,3)4/h6,8-9,18H,5,7,10H2,1-4H3;5-9,18H,10H2,1-4H3;2-5,10H,1H3;5H2,1-4H3;1-4H3/b;7-5+;;;. The van der Waals surface area contributed by atoms with Gasteiger partial charge in [0.2, 0.25) is 0 Å². The molecule has 68 heavy (non-hydrogen) atoms. The van der Waals surface area contributed by atoms with Gasteiger partial charge in [-0.25, -0.2) is 0 Å². The topological polar surface area (TPSA) is 225 Å². The van der Waals surface area contributed by atoms with Crippen LogP contribution in [0.25, 0.3) is 6.08 Å². The summed E-state index contributed by atoms with van der Waals surface area (Å²) >= 11 is 0. The molecule has 0 radical (unpaired) electrons. The Balaban J connectivity index is 0. The van der Waals surface area contributed by atoms with Gasteiger partial charge in [-0.3, -0.25) is 38.4 Å². The number of methoxy groups -OCH3 is 3. The van der Waals surface area contributed by atoms with Gasteiger partial charge in [0, 0.05) is 33.6 Å². The Bertz CT molecular complexity index is 2200. The number of carbonyl (C=O) groups is 8. The van der Waals surface area contributed by atoms with E-state index in [-0.39, 0.29) is 87.8 Å². The Morgan fingerprint density at radius 3 is 1.25 bits per heavy atom. The SMILES string of the molecule is CC(=O)C(C)(C)C.CC(=O)CC(=O)C(C)(C)C.COc1cc(/C=C/C(=O)CC(=O)C(C)(C)C)ccc1O.COc1cc(C=O)ccc1O.COc1cc(CCC(=O)CC(=O)C(C)(C)C)ccc1O. The number of Topliss-reactive ketones (excluding diaryl/α,β-unsaturated/α-hetero) is 6. The van der Waals surface area contributed by atoms with Gasteiger partial charge in [-0.2, -0.15) is 0 Å². The summed E-state index contributed by atoms with van der Waals surface area (Å²) in [7, 11) is 4.37. The van der Waals surface area contributed by atoms with E-state index < -0.39 is 10.8 Å². The van der Waals surface area contributed by atoms with Gasteiger partial charge >= 0.3 is 0 Å². The zero-order valence-corrected chi connectivity index (χ0v) is 43.3. The van der Waals surface area contributed by atoms with E-state index >= 15 is 0 Å². The molecule has 0 unspecified atom stereocenters. The van der Waals surface area contributed by atoms with Crippen LogP contribution in [0.3, 0.4) is 0 Å². The summed E-state index contributed by atoms with van der Waals surface area (Å²) in [6.45, 7) is 25.0. The van der Waals surface area contributed by atoms with E-state index in [1.165, 1.54) is 58.6 Å². The molecule has 3 aromatic carbocycles. The van der Waals surface area contributed by atoms with Gasteiger partial charge < -0.3 is 29.5 Å². The molecule has 3 rings (SSSR count). The molecule has 0 bridgehead atoms. The summed E-state index contributed by atoms with van der Waals surface area (Å²) in [5.74, 6) is 0.978. The minimum absolute atomic E-state index is 0.0139. The number of ketones is 7. The number of hydrogen-bond donors (Lipinski definition) is 3. The molecule has 0 aliphatic heterocycles. The smallest absolute Gasteiger partial charge is 0.163 e. The number of ether oxygens (including phenoxy) is 3. The predicted octanol–water partition coefficient (Wildman–Crippen LogP) is 10.3. The number of carbonyl (C=O) groups excluding carboxylic acids is 8. The number of aromatic hydroxyl groups is 3. The first-order valence-electron chi connectivity index (χ1n) is 21.9. The van der Waals surface area contributed by atoms with Gasteiger partial charge in [0.1, 0.15) is 41.0 Å². The van der Waals surface area contributed by atoms with Crippen LogP contribution in [-0.2, 0) is 40.0 Å². The monoisotopic (exact) mass is 949 g/mol. The van der Waals surface area contributed by atoms with E-state index in [0.717, 1.165) is 11.1 Å². The van der Waals surface area contributed by atoms with Crippen molar-refractivity contribution in [3.63, 3.8) is 0 Å². The molecular formula is C54H76O14. The highest BCUT2D eigenvalue weighted by Gasteiger charge is 2.24. The lowest BCUT2D eigenvalue weighted by atomic mass is 9.87. The highest BCUT2D eigenvalue weighted by Crippen LogP contribution is 2.29. The fraction of sp³-hybridized carbons (Fsp3) is 0.481. The first-order chi connectivity index (χ1) is 31.0. The van der Waals surface area contributed by atoms with Crippen LogP contribution in [0.15, 0.2) is 60.7 Å². The van der Waals surface area contributed by atoms with Crippen molar-refractivity contribution in [3.05, 3.63) is 77.4 Å². The zero-order valence-electron chi connectivity index (χ0n) is 43.3. The van der Waals surface area contributed by atoms with Crippen molar-refractivity contribution in [1.29, 1.82) is 0 Å². The summed E-state index contributed by atoms with van der Waals surface area (Å²) in [5.41, 5.74) is 0.612. The molecule has 0 amide bonds. The number of allylic oxidation sites excluding steroid dienone is 1. The number of benzene rings is 3. The van der Waals surface area contributed by atoms with E-state index in [4.69, 9.17) is 19.3 Å². The lowest BCUT2D eigenvalue weighted by molar-refractivity contribution is -0.132. The normalized spacial score (nSPS) is 11.0. The van der Waals surface area contributed by atoms with Crippen LogP contribution in [0.2, 0.25) is 0 Å². The molecule has 376 valence electrons. The van der Waals surface area contributed by atoms with Crippen molar-refractivity contribution in [1.82, 2.24) is 0 Å². The van der Waals surface area contributed by atoms with E-state index in [9.17, 15) is 48.6 Å². The fourth-order valence-corrected chi connectivity index (χ4v) is 4.42. The van der Waals surface area contributed by atoms with Crippen molar-refractivity contribution >= 4 is 52.8 Å². The number of rotatable bonds is 15. The third kappa shape index (κ3) is 27.3. The molecule has 0 spiro atoms. The molecule has 0 aliphatic carbocycles. The van der Waals surface area contributed by atoms with Crippen LogP contribution in [0.4, 0.5) is 0 Å². The summed E-state index contributed by atoms with van der Waals surface area (Å²) in [6, 6.07) is 14.2. The Morgan fingerprint density at radius 1 is 0.515 bits per heavy atom. The second-order valence-corrected chi connectivity index (χ2v) is 19.9. The Hall–Kier alpha value is -6.44. The number of aldehydes is 1. The number of hydrogen-bond acceptors (Lipinski definition) is 14. The molecule has 0 saturated carbocycles. The Kier molecular flexibility index (Phi) is 27.5. The summed E-state index contributed by atoms with van der Waals surface area (Å²) in [6.07, 6.45) is 4.47. The second kappa shape index (κ2) is 29.3. The molecule has 0 saturated heterocycles. The van der Waals surface area contributed by atoms with E-state index in [0.29, 0.717) is 41.9 Å². The van der Waals surface area contributed by atoms with Crippen LogP contribution >= 0.6 is 0 Å². The summed E-state index contributed by atoms with van der Waals surface area (Å²) in [5, 5.41) is 28.0. The highest BCUT2D eigenvalue weighted by atomic mass is 16.5. The predicted molar refractivity (Wildman–Crippen MR) is 265 cm³/mol. The number of aryl methyl sites for hydroxylation is 1. The lowest BCUT2D eigenvalue weighted by Crippen LogP contribution is -2.23. The maximum atomic E-state index is 11.8. The number of phenolic OH excluding ortho intramolecular Hbond substituents is 3. The molecule has 3 N–H and O–H groups in total. The first kappa shape index (κ1) is 63.6. The van der Waals surface area contributed by atoms with Crippen molar-refractivity contribution in [3.8, 4) is 34.5 Å². The maximum absolute atomic E-state index is 11.8. The third-order valence-corrected chi connectivity index (χ3v) is 9.61. The van der Waals surface area contributed by atoms with Gasteiger partial charge in [0.25, 0.3) is 0 Å². The number of phenols is 3. The quantitative estimate of drug-likeness (QED) is 0.0732.